The van der Waals surface area contributed by atoms with Crippen molar-refractivity contribution in [3.05, 3.63) is 94.0 Å². The van der Waals surface area contributed by atoms with Gasteiger partial charge in [-0.1, -0.05) is 41.9 Å². The van der Waals surface area contributed by atoms with Crippen molar-refractivity contribution in [2.75, 3.05) is 19.1 Å². The molecule has 1 aliphatic rings. The first-order valence-electron chi connectivity index (χ1n) is 10.2. The number of nitrogens with zero attached hydrogens (tertiary/aromatic N) is 1. The molecule has 0 spiro atoms. The van der Waals surface area contributed by atoms with Crippen molar-refractivity contribution in [2.45, 2.75) is 13.0 Å². The van der Waals surface area contributed by atoms with Crippen molar-refractivity contribution < 1.29 is 24.2 Å². The summed E-state index contributed by atoms with van der Waals surface area (Å²) >= 11 is 6.25. The molecule has 1 N–H and O–H groups in total. The highest BCUT2D eigenvalue weighted by Crippen LogP contribution is 2.44. The van der Waals surface area contributed by atoms with E-state index in [1.54, 1.807) is 48.5 Å². The van der Waals surface area contributed by atoms with Gasteiger partial charge in [-0.05, 0) is 54.4 Å². The Morgan fingerprint density at radius 3 is 2.39 bits per heavy atom. The molecule has 6 nitrogen and oxygen atoms in total. The maximum Gasteiger partial charge on any atom is 0.300 e. The number of ether oxygens (including phenoxy) is 2. The van der Waals surface area contributed by atoms with E-state index in [1.807, 2.05) is 19.1 Å². The van der Waals surface area contributed by atoms with Gasteiger partial charge >= 0.3 is 0 Å². The van der Waals surface area contributed by atoms with E-state index in [9.17, 15) is 14.7 Å². The van der Waals surface area contributed by atoms with Crippen molar-refractivity contribution in [3.8, 4) is 11.5 Å². The third kappa shape index (κ3) is 3.94. The van der Waals surface area contributed by atoms with Gasteiger partial charge in [-0.2, -0.15) is 0 Å². The molecule has 0 aliphatic carbocycles. The molecular weight excluding hydrogens is 442 g/mol. The van der Waals surface area contributed by atoms with Crippen LogP contribution in [-0.2, 0) is 9.59 Å². The number of halogens is 1. The van der Waals surface area contributed by atoms with Gasteiger partial charge < -0.3 is 14.6 Å². The van der Waals surface area contributed by atoms with Crippen molar-refractivity contribution in [1.29, 1.82) is 0 Å². The molecule has 1 fully saturated rings. The highest BCUT2D eigenvalue weighted by molar-refractivity contribution is 6.51. The zero-order valence-electron chi connectivity index (χ0n) is 18.3. The zero-order chi connectivity index (χ0) is 23.7. The Morgan fingerprint density at radius 1 is 0.970 bits per heavy atom. The summed E-state index contributed by atoms with van der Waals surface area (Å²) in [6, 6.07) is 18.2. The van der Waals surface area contributed by atoms with Crippen molar-refractivity contribution in [1.82, 2.24) is 0 Å². The Hall–Kier alpha value is -3.77. The highest BCUT2D eigenvalue weighted by Gasteiger charge is 2.47. The third-order valence-corrected chi connectivity index (χ3v) is 5.95. The van der Waals surface area contributed by atoms with Gasteiger partial charge in [0.05, 0.1) is 30.9 Å². The van der Waals surface area contributed by atoms with Crippen LogP contribution >= 0.6 is 11.6 Å². The molecule has 1 unspecified atom stereocenters. The molecule has 7 heteroatoms. The molecule has 0 aromatic heterocycles. The van der Waals surface area contributed by atoms with E-state index < -0.39 is 17.7 Å². The number of para-hydroxylation sites is 1. The third-order valence-electron chi connectivity index (χ3n) is 5.65. The van der Waals surface area contributed by atoms with E-state index in [2.05, 4.69) is 0 Å². The minimum Gasteiger partial charge on any atom is -0.507 e. The lowest BCUT2D eigenvalue weighted by molar-refractivity contribution is -0.132. The predicted molar refractivity (Wildman–Crippen MR) is 127 cm³/mol. The first-order valence-corrected chi connectivity index (χ1v) is 10.6. The van der Waals surface area contributed by atoms with Gasteiger partial charge in [-0.25, -0.2) is 0 Å². The van der Waals surface area contributed by atoms with Crippen LogP contribution in [0.25, 0.3) is 5.76 Å². The largest absolute Gasteiger partial charge is 0.507 e. The molecule has 0 bridgehead atoms. The highest BCUT2D eigenvalue weighted by atomic mass is 35.5. The summed E-state index contributed by atoms with van der Waals surface area (Å²) in [5, 5.41) is 11.5. The van der Waals surface area contributed by atoms with Crippen molar-refractivity contribution in [3.63, 3.8) is 0 Å². The standard InChI is InChI=1S/C26H22ClNO5/c1-15-7-4-5-10-20(15)28-23(16-8-6-9-18(13-16)32-2)22(25(30)26(28)31)24(29)17-11-12-21(33-3)19(27)14-17/h4-14,23,29H,1-3H3/b24-22-. The Labute approximate surface area is 196 Å². The van der Waals surface area contributed by atoms with Gasteiger partial charge in [0.2, 0.25) is 0 Å². The fourth-order valence-corrected chi connectivity index (χ4v) is 4.27. The van der Waals surface area contributed by atoms with Crippen LogP contribution in [0.5, 0.6) is 11.5 Å². The Balaban J connectivity index is 1.97. The number of benzene rings is 3. The number of hydrogen-bond donors (Lipinski definition) is 1. The maximum absolute atomic E-state index is 13.3. The molecule has 4 rings (SSSR count). The molecule has 1 saturated heterocycles. The fourth-order valence-electron chi connectivity index (χ4n) is 4.01. The van der Waals surface area contributed by atoms with E-state index >= 15 is 0 Å². The number of aryl methyl sites for hydroxylation is 1. The van der Waals surface area contributed by atoms with E-state index in [0.717, 1.165) is 5.56 Å². The zero-order valence-corrected chi connectivity index (χ0v) is 19.1. The quantitative estimate of drug-likeness (QED) is 0.316. The summed E-state index contributed by atoms with van der Waals surface area (Å²) in [5.41, 5.74) is 2.30. The van der Waals surface area contributed by atoms with Crippen molar-refractivity contribution >= 4 is 34.7 Å². The van der Waals surface area contributed by atoms with Crippen LogP contribution in [0.2, 0.25) is 5.02 Å². The molecule has 1 atom stereocenters. The second kappa shape index (κ2) is 9.00. The average Bonchev–Trinajstić information content (AvgIpc) is 3.09. The molecule has 33 heavy (non-hydrogen) atoms. The minimum absolute atomic E-state index is 0.0299. The van der Waals surface area contributed by atoms with E-state index in [0.29, 0.717) is 28.3 Å². The van der Waals surface area contributed by atoms with Crippen LogP contribution in [0.1, 0.15) is 22.7 Å². The number of hydrogen-bond acceptors (Lipinski definition) is 5. The summed E-state index contributed by atoms with van der Waals surface area (Å²) < 4.78 is 10.5. The van der Waals surface area contributed by atoms with E-state index in [1.165, 1.54) is 25.2 Å². The monoisotopic (exact) mass is 463 g/mol. The van der Waals surface area contributed by atoms with Crippen molar-refractivity contribution in [2.24, 2.45) is 0 Å². The molecule has 0 saturated carbocycles. The number of carbonyl (C=O) groups is 2. The molecule has 168 valence electrons. The Morgan fingerprint density at radius 2 is 1.73 bits per heavy atom. The summed E-state index contributed by atoms with van der Waals surface area (Å²) in [6.45, 7) is 1.86. The van der Waals surface area contributed by atoms with Gasteiger partial charge in [0, 0.05) is 11.3 Å². The lowest BCUT2D eigenvalue weighted by Gasteiger charge is -2.27. The molecule has 1 heterocycles. The topological polar surface area (TPSA) is 76.1 Å². The normalized spacial score (nSPS) is 17.3. The number of methoxy groups -OCH3 is 2. The number of aliphatic hydroxyl groups is 1. The maximum atomic E-state index is 13.3. The van der Waals surface area contributed by atoms with E-state index in [4.69, 9.17) is 21.1 Å². The molecule has 3 aromatic carbocycles. The van der Waals surface area contributed by atoms with Crippen LogP contribution in [0.3, 0.4) is 0 Å². The number of amides is 1. The second-order valence-corrected chi connectivity index (χ2v) is 7.99. The molecule has 3 aromatic rings. The van der Waals surface area contributed by atoms with Crippen LogP contribution < -0.4 is 14.4 Å². The van der Waals surface area contributed by atoms with Crippen LogP contribution in [0.15, 0.2) is 72.3 Å². The average molecular weight is 464 g/mol. The summed E-state index contributed by atoms with van der Waals surface area (Å²) in [6.07, 6.45) is 0. The summed E-state index contributed by atoms with van der Waals surface area (Å²) in [4.78, 5) is 27.9. The summed E-state index contributed by atoms with van der Waals surface area (Å²) in [7, 11) is 3.02. The first-order chi connectivity index (χ1) is 15.9. The fraction of sp³-hybridized carbons (Fsp3) is 0.154. The van der Waals surface area contributed by atoms with Crippen LogP contribution in [0, 0.1) is 6.92 Å². The second-order valence-electron chi connectivity index (χ2n) is 7.58. The summed E-state index contributed by atoms with van der Waals surface area (Å²) in [5.74, 6) is -0.830. The molecular formula is C26H22ClNO5. The smallest absolute Gasteiger partial charge is 0.300 e. The minimum atomic E-state index is -0.859. The Kier molecular flexibility index (Phi) is 6.11. The lowest BCUT2D eigenvalue weighted by Crippen LogP contribution is -2.30. The van der Waals surface area contributed by atoms with Gasteiger partial charge in [-0.15, -0.1) is 0 Å². The first kappa shape index (κ1) is 22.4. The van der Waals surface area contributed by atoms with Crippen LogP contribution in [0.4, 0.5) is 5.69 Å². The lowest BCUT2D eigenvalue weighted by atomic mass is 9.94. The molecule has 1 amide bonds. The van der Waals surface area contributed by atoms with Gasteiger partial charge in [-0.3, -0.25) is 14.5 Å². The number of aliphatic hydroxyl groups excluding tert-OH is 1. The number of Topliss-reactive ketones (excluding diaryl/α,β-unsaturated/α-hetero) is 1. The SMILES string of the molecule is COc1cccc(C2/C(=C(/O)c3ccc(OC)c(Cl)c3)C(=O)C(=O)N2c2ccccc2C)c1. The van der Waals surface area contributed by atoms with E-state index in [-0.39, 0.29) is 16.4 Å². The number of anilines is 1. The Bertz CT molecular complexity index is 1280. The predicted octanol–water partition coefficient (Wildman–Crippen LogP) is 5.29. The van der Waals surface area contributed by atoms with Gasteiger partial charge in [0.25, 0.3) is 11.7 Å². The van der Waals surface area contributed by atoms with Gasteiger partial charge in [0.15, 0.2) is 0 Å². The number of ketones is 1. The molecule has 0 radical (unpaired) electrons. The number of carbonyl (C=O) groups excluding carboxylic acids is 2. The number of rotatable bonds is 5. The van der Waals surface area contributed by atoms with Crippen LogP contribution in [-0.4, -0.2) is 31.0 Å². The van der Waals surface area contributed by atoms with Gasteiger partial charge in [0.1, 0.15) is 17.3 Å². The molecule has 1 aliphatic heterocycles.